The van der Waals surface area contributed by atoms with Gasteiger partial charge < -0.3 is 15.0 Å². The van der Waals surface area contributed by atoms with Crippen LogP contribution >= 0.6 is 0 Å². The van der Waals surface area contributed by atoms with Crippen LogP contribution in [-0.2, 0) is 11.3 Å². The van der Waals surface area contributed by atoms with Crippen LogP contribution in [0.4, 0.5) is 5.69 Å². The minimum absolute atomic E-state index is 0.135. The van der Waals surface area contributed by atoms with E-state index in [2.05, 4.69) is 10.4 Å². The van der Waals surface area contributed by atoms with Gasteiger partial charge in [0.05, 0.1) is 25.1 Å². The molecule has 2 amide bonds. The van der Waals surface area contributed by atoms with E-state index in [0.717, 1.165) is 11.1 Å². The van der Waals surface area contributed by atoms with E-state index in [1.807, 2.05) is 39.0 Å². The molecule has 0 spiro atoms. The third-order valence-electron chi connectivity index (χ3n) is 4.53. The van der Waals surface area contributed by atoms with Crippen molar-refractivity contribution in [2.24, 2.45) is 0 Å². The Kier molecular flexibility index (Phi) is 5.37. The number of carbonyl (C=O) groups is 2. The van der Waals surface area contributed by atoms with Crippen LogP contribution in [0.1, 0.15) is 38.9 Å². The Morgan fingerprint density at radius 1 is 1.23 bits per heavy atom. The standard InChI is InChI=1S/C19H24N4O3/c1-4-23-17(19(25)22-7-9-26-10-8-22)16(12-20-23)21-18(24)15-11-13(2)5-6-14(15)3/h5-6,11-12H,4,7-10H2,1-3H3,(H,21,24). The molecule has 0 atom stereocenters. The zero-order chi connectivity index (χ0) is 18.7. The molecule has 7 heteroatoms. The van der Waals surface area contributed by atoms with Crippen LogP contribution in [0.15, 0.2) is 24.4 Å². The summed E-state index contributed by atoms with van der Waals surface area (Å²) in [6.07, 6.45) is 1.54. The van der Waals surface area contributed by atoms with E-state index in [9.17, 15) is 9.59 Å². The van der Waals surface area contributed by atoms with Crippen molar-refractivity contribution < 1.29 is 14.3 Å². The van der Waals surface area contributed by atoms with Crippen LogP contribution in [-0.4, -0.2) is 52.8 Å². The summed E-state index contributed by atoms with van der Waals surface area (Å²) in [4.78, 5) is 27.4. The number of aromatic nitrogens is 2. The zero-order valence-corrected chi connectivity index (χ0v) is 15.4. The lowest BCUT2D eigenvalue weighted by Gasteiger charge is -2.27. The molecule has 1 aromatic carbocycles. The number of nitrogens with one attached hydrogen (secondary N) is 1. The molecular weight excluding hydrogens is 332 g/mol. The molecule has 1 fully saturated rings. The lowest BCUT2D eigenvalue weighted by molar-refractivity contribution is 0.0295. The SMILES string of the molecule is CCn1ncc(NC(=O)c2cc(C)ccc2C)c1C(=O)N1CCOCC1. The number of benzene rings is 1. The van der Waals surface area contributed by atoms with Crippen LogP contribution in [0.5, 0.6) is 0 Å². The van der Waals surface area contributed by atoms with Crippen molar-refractivity contribution in [2.45, 2.75) is 27.3 Å². The number of hydrogen-bond donors (Lipinski definition) is 1. The summed E-state index contributed by atoms with van der Waals surface area (Å²) in [5, 5.41) is 7.13. The number of amides is 2. The molecule has 0 radical (unpaired) electrons. The van der Waals surface area contributed by atoms with E-state index < -0.39 is 0 Å². The number of ether oxygens (including phenoxy) is 1. The van der Waals surface area contributed by atoms with Gasteiger partial charge in [0, 0.05) is 25.2 Å². The fourth-order valence-corrected chi connectivity index (χ4v) is 3.03. The molecule has 138 valence electrons. The molecular formula is C19H24N4O3. The Morgan fingerprint density at radius 2 is 1.96 bits per heavy atom. The van der Waals surface area contributed by atoms with Crippen LogP contribution < -0.4 is 5.32 Å². The van der Waals surface area contributed by atoms with Gasteiger partial charge in [0.15, 0.2) is 0 Å². The summed E-state index contributed by atoms with van der Waals surface area (Å²) in [5.74, 6) is -0.373. The maximum Gasteiger partial charge on any atom is 0.274 e. The Hall–Kier alpha value is -2.67. The van der Waals surface area contributed by atoms with E-state index >= 15 is 0 Å². The predicted octanol–water partition coefficient (Wildman–Crippen LogP) is 2.24. The fraction of sp³-hybridized carbons (Fsp3) is 0.421. The first-order valence-electron chi connectivity index (χ1n) is 8.82. The number of carbonyl (C=O) groups excluding carboxylic acids is 2. The van der Waals surface area contributed by atoms with Crippen molar-refractivity contribution in [2.75, 3.05) is 31.6 Å². The second-order valence-corrected chi connectivity index (χ2v) is 6.40. The summed E-state index contributed by atoms with van der Waals surface area (Å²) in [7, 11) is 0. The molecule has 0 unspecified atom stereocenters. The van der Waals surface area contributed by atoms with Gasteiger partial charge in [-0.25, -0.2) is 0 Å². The van der Waals surface area contributed by atoms with Crippen molar-refractivity contribution >= 4 is 17.5 Å². The van der Waals surface area contributed by atoms with Gasteiger partial charge in [-0.05, 0) is 32.4 Å². The molecule has 0 aliphatic carbocycles. The Bertz CT molecular complexity index is 822. The number of rotatable bonds is 4. The lowest BCUT2D eigenvalue weighted by Crippen LogP contribution is -2.41. The van der Waals surface area contributed by atoms with E-state index in [1.54, 1.807) is 15.8 Å². The van der Waals surface area contributed by atoms with Crippen molar-refractivity contribution in [1.82, 2.24) is 14.7 Å². The third-order valence-corrected chi connectivity index (χ3v) is 4.53. The second kappa shape index (κ2) is 7.70. The van der Waals surface area contributed by atoms with Gasteiger partial charge in [0.2, 0.25) is 0 Å². The quantitative estimate of drug-likeness (QED) is 0.911. The topological polar surface area (TPSA) is 76.5 Å². The highest BCUT2D eigenvalue weighted by molar-refractivity contribution is 6.09. The molecule has 7 nitrogen and oxygen atoms in total. The molecule has 3 rings (SSSR count). The zero-order valence-electron chi connectivity index (χ0n) is 15.4. The first-order chi connectivity index (χ1) is 12.5. The third kappa shape index (κ3) is 3.62. The van der Waals surface area contributed by atoms with Crippen molar-refractivity contribution in [3.63, 3.8) is 0 Å². The molecule has 1 N–H and O–H groups in total. The van der Waals surface area contributed by atoms with Crippen molar-refractivity contribution in [3.8, 4) is 0 Å². The molecule has 26 heavy (non-hydrogen) atoms. The molecule has 1 saturated heterocycles. The smallest absolute Gasteiger partial charge is 0.274 e. The van der Waals surface area contributed by atoms with Crippen molar-refractivity contribution in [1.29, 1.82) is 0 Å². The van der Waals surface area contributed by atoms with Crippen LogP contribution in [0.3, 0.4) is 0 Å². The first-order valence-corrected chi connectivity index (χ1v) is 8.82. The average molecular weight is 356 g/mol. The highest BCUT2D eigenvalue weighted by atomic mass is 16.5. The van der Waals surface area contributed by atoms with Gasteiger partial charge in [0.1, 0.15) is 5.69 Å². The number of aryl methyl sites for hydroxylation is 3. The summed E-state index contributed by atoms with van der Waals surface area (Å²) in [6.45, 7) is 8.43. The molecule has 2 aromatic rings. The summed E-state index contributed by atoms with van der Waals surface area (Å²) in [6, 6.07) is 5.73. The molecule has 2 heterocycles. The number of anilines is 1. The van der Waals surface area contributed by atoms with Gasteiger partial charge in [0.25, 0.3) is 11.8 Å². The van der Waals surface area contributed by atoms with Gasteiger partial charge in [-0.15, -0.1) is 0 Å². The van der Waals surface area contributed by atoms with Gasteiger partial charge in [-0.2, -0.15) is 5.10 Å². The highest BCUT2D eigenvalue weighted by Gasteiger charge is 2.26. The Morgan fingerprint density at radius 3 is 2.65 bits per heavy atom. The minimum Gasteiger partial charge on any atom is -0.378 e. The van der Waals surface area contributed by atoms with E-state index in [0.29, 0.717) is 49.8 Å². The van der Waals surface area contributed by atoms with Crippen LogP contribution in [0.2, 0.25) is 0 Å². The van der Waals surface area contributed by atoms with Crippen molar-refractivity contribution in [3.05, 3.63) is 46.8 Å². The van der Waals surface area contributed by atoms with E-state index in [4.69, 9.17) is 4.74 Å². The van der Waals surface area contributed by atoms with Crippen LogP contribution in [0.25, 0.3) is 0 Å². The maximum absolute atomic E-state index is 13.0. The summed E-state index contributed by atoms with van der Waals surface area (Å²) in [5.41, 5.74) is 3.34. The molecule has 1 aliphatic heterocycles. The summed E-state index contributed by atoms with van der Waals surface area (Å²) < 4.78 is 6.94. The van der Waals surface area contributed by atoms with Crippen LogP contribution in [0, 0.1) is 13.8 Å². The number of nitrogens with zero attached hydrogens (tertiary/aromatic N) is 3. The predicted molar refractivity (Wildman–Crippen MR) is 98.5 cm³/mol. The largest absolute Gasteiger partial charge is 0.378 e. The monoisotopic (exact) mass is 356 g/mol. The Balaban J connectivity index is 1.88. The van der Waals surface area contributed by atoms with E-state index in [1.165, 1.54) is 0 Å². The Labute approximate surface area is 152 Å². The molecule has 1 aliphatic rings. The van der Waals surface area contributed by atoms with Gasteiger partial charge in [-0.3, -0.25) is 14.3 Å². The fourth-order valence-electron chi connectivity index (χ4n) is 3.03. The van der Waals surface area contributed by atoms with Gasteiger partial charge >= 0.3 is 0 Å². The highest BCUT2D eigenvalue weighted by Crippen LogP contribution is 2.20. The number of hydrogen-bond acceptors (Lipinski definition) is 4. The molecule has 0 saturated carbocycles. The molecule has 0 bridgehead atoms. The van der Waals surface area contributed by atoms with Gasteiger partial charge in [-0.1, -0.05) is 17.7 Å². The normalized spacial score (nSPS) is 14.3. The molecule has 1 aromatic heterocycles. The number of morpholine rings is 1. The maximum atomic E-state index is 13.0. The minimum atomic E-state index is -0.238. The summed E-state index contributed by atoms with van der Waals surface area (Å²) >= 11 is 0. The average Bonchev–Trinajstić information content (AvgIpc) is 3.06. The lowest BCUT2D eigenvalue weighted by atomic mass is 10.1. The van der Waals surface area contributed by atoms with E-state index in [-0.39, 0.29) is 11.8 Å². The first kappa shape index (κ1) is 18.1. The second-order valence-electron chi connectivity index (χ2n) is 6.40.